The van der Waals surface area contributed by atoms with Gasteiger partial charge in [0.2, 0.25) is 0 Å². The Hall–Kier alpha value is -0.890. The molecule has 2 rings (SSSR count). The van der Waals surface area contributed by atoms with Crippen LogP contribution in [-0.2, 0) is 0 Å². The molecule has 0 saturated heterocycles. The van der Waals surface area contributed by atoms with Crippen molar-refractivity contribution < 1.29 is 4.39 Å². The van der Waals surface area contributed by atoms with Gasteiger partial charge in [-0.25, -0.2) is 4.39 Å². The van der Waals surface area contributed by atoms with Gasteiger partial charge in [-0.15, -0.1) is 0 Å². The van der Waals surface area contributed by atoms with E-state index in [9.17, 15) is 4.39 Å². The van der Waals surface area contributed by atoms with Crippen LogP contribution >= 0.6 is 0 Å². The van der Waals surface area contributed by atoms with Crippen molar-refractivity contribution >= 4 is 0 Å². The highest BCUT2D eigenvalue weighted by Crippen LogP contribution is 2.34. The van der Waals surface area contributed by atoms with E-state index in [0.717, 1.165) is 11.1 Å². The molecule has 1 aromatic rings. The molecule has 1 saturated carbocycles. The molecule has 100 valence electrons. The Morgan fingerprint density at radius 2 is 1.83 bits per heavy atom. The number of rotatable bonds is 3. The average Bonchev–Trinajstić information content (AvgIpc) is 2.62. The zero-order valence-electron chi connectivity index (χ0n) is 11.5. The minimum absolute atomic E-state index is 0.0569. The summed E-state index contributed by atoms with van der Waals surface area (Å²) in [5, 5.41) is 3.34. The van der Waals surface area contributed by atoms with E-state index in [4.69, 9.17) is 0 Å². The van der Waals surface area contributed by atoms with E-state index in [1.807, 2.05) is 26.1 Å². The smallest absolute Gasteiger partial charge is 0.128 e. The predicted molar refractivity (Wildman–Crippen MR) is 74.1 cm³/mol. The van der Waals surface area contributed by atoms with Gasteiger partial charge >= 0.3 is 0 Å². The summed E-state index contributed by atoms with van der Waals surface area (Å²) in [6, 6.07) is 5.79. The Labute approximate surface area is 110 Å². The molecular weight excluding hydrogens is 225 g/mol. The van der Waals surface area contributed by atoms with Crippen molar-refractivity contribution in [2.75, 3.05) is 7.05 Å². The molecule has 0 radical (unpaired) electrons. The summed E-state index contributed by atoms with van der Waals surface area (Å²) >= 11 is 0. The van der Waals surface area contributed by atoms with Gasteiger partial charge in [0.1, 0.15) is 5.82 Å². The Morgan fingerprint density at radius 1 is 1.17 bits per heavy atom. The van der Waals surface area contributed by atoms with Gasteiger partial charge < -0.3 is 5.32 Å². The first kappa shape index (κ1) is 13.5. The standard InChI is InChI=1S/C16H24FN/c1-12-9-10-14(15(17)11-12)16(18-2)13-7-5-3-4-6-8-13/h9-11,13,16,18H,3-8H2,1-2H3. The van der Waals surface area contributed by atoms with Crippen molar-refractivity contribution in [1.29, 1.82) is 0 Å². The van der Waals surface area contributed by atoms with Crippen LogP contribution in [0.3, 0.4) is 0 Å². The third-order valence-electron chi connectivity index (χ3n) is 4.17. The summed E-state index contributed by atoms with van der Waals surface area (Å²) in [5.74, 6) is 0.522. The van der Waals surface area contributed by atoms with Gasteiger partial charge in [-0.3, -0.25) is 0 Å². The first-order chi connectivity index (χ1) is 8.72. The van der Waals surface area contributed by atoms with E-state index in [-0.39, 0.29) is 11.9 Å². The van der Waals surface area contributed by atoms with Crippen LogP contribution in [0.2, 0.25) is 0 Å². The van der Waals surface area contributed by atoms with E-state index in [0.29, 0.717) is 5.92 Å². The van der Waals surface area contributed by atoms with Crippen LogP contribution in [-0.4, -0.2) is 7.05 Å². The summed E-state index contributed by atoms with van der Waals surface area (Å²) in [6.45, 7) is 1.94. The van der Waals surface area contributed by atoms with Crippen LogP contribution in [0.1, 0.15) is 55.7 Å². The molecule has 0 aliphatic heterocycles. The van der Waals surface area contributed by atoms with E-state index in [1.54, 1.807) is 6.07 Å². The maximum atomic E-state index is 14.1. The minimum atomic E-state index is -0.0569. The summed E-state index contributed by atoms with van der Waals surface area (Å²) in [7, 11) is 1.95. The van der Waals surface area contributed by atoms with Gasteiger partial charge in [-0.2, -0.15) is 0 Å². The molecule has 1 aliphatic rings. The highest BCUT2D eigenvalue weighted by molar-refractivity contribution is 5.26. The number of benzene rings is 1. The summed E-state index contributed by atoms with van der Waals surface area (Å²) in [4.78, 5) is 0. The molecule has 2 heteroatoms. The molecule has 1 nitrogen and oxygen atoms in total. The van der Waals surface area contributed by atoms with Crippen LogP contribution in [0.4, 0.5) is 4.39 Å². The lowest BCUT2D eigenvalue weighted by molar-refractivity contribution is 0.333. The highest BCUT2D eigenvalue weighted by atomic mass is 19.1. The fourth-order valence-electron chi connectivity index (χ4n) is 3.17. The Bertz CT molecular complexity index is 381. The monoisotopic (exact) mass is 249 g/mol. The molecule has 0 bridgehead atoms. The zero-order chi connectivity index (χ0) is 13.0. The Morgan fingerprint density at radius 3 is 2.39 bits per heavy atom. The van der Waals surface area contributed by atoms with Crippen LogP contribution in [0.15, 0.2) is 18.2 Å². The van der Waals surface area contributed by atoms with E-state index >= 15 is 0 Å². The van der Waals surface area contributed by atoms with Gasteiger partial charge in [0.05, 0.1) is 0 Å². The van der Waals surface area contributed by atoms with Crippen molar-refractivity contribution in [2.45, 2.75) is 51.5 Å². The second-order valence-corrected chi connectivity index (χ2v) is 5.54. The number of nitrogens with one attached hydrogen (secondary N) is 1. The molecule has 1 unspecified atom stereocenters. The van der Waals surface area contributed by atoms with E-state index in [2.05, 4.69) is 5.32 Å². The minimum Gasteiger partial charge on any atom is -0.313 e. The maximum Gasteiger partial charge on any atom is 0.128 e. The van der Waals surface area contributed by atoms with Crippen molar-refractivity contribution in [3.05, 3.63) is 35.1 Å². The van der Waals surface area contributed by atoms with Gasteiger partial charge in [0.25, 0.3) is 0 Å². The van der Waals surface area contributed by atoms with Gasteiger partial charge in [-0.1, -0.05) is 37.8 Å². The molecule has 1 N–H and O–H groups in total. The Kier molecular flexibility index (Phi) is 4.76. The normalized spacial score (nSPS) is 19.5. The average molecular weight is 249 g/mol. The predicted octanol–water partition coefficient (Wildman–Crippen LogP) is 4.37. The van der Waals surface area contributed by atoms with Crippen molar-refractivity contribution in [2.24, 2.45) is 5.92 Å². The lowest BCUT2D eigenvalue weighted by atomic mass is 9.86. The summed E-state index contributed by atoms with van der Waals surface area (Å²) in [5.41, 5.74) is 1.84. The molecule has 1 atom stereocenters. The topological polar surface area (TPSA) is 12.0 Å². The lowest BCUT2D eigenvalue weighted by Crippen LogP contribution is -2.26. The quantitative estimate of drug-likeness (QED) is 0.785. The second kappa shape index (κ2) is 6.33. The van der Waals surface area contributed by atoms with Gasteiger partial charge in [0.15, 0.2) is 0 Å². The fourth-order valence-corrected chi connectivity index (χ4v) is 3.17. The number of aryl methyl sites for hydroxylation is 1. The summed E-state index contributed by atoms with van der Waals surface area (Å²) in [6.07, 6.45) is 7.69. The third kappa shape index (κ3) is 3.11. The van der Waals surface area contributed by atoms with Crippen LogP contribution in [0.5, 0.6) is 0 Å². The molecule has 0 amide bonds. The molecule has 1 fully saturated rings. The molecular formula is C16H24FN. The fraction of sp³-hybridized carbons (Fsp3) is 0.625. The van der Waals surface area contributed by atoms with Crippen LogP contribution < -0.4 is 5.32 Å². The second-order valence-electron chi connectivity index (χ2n) is 5.54. The number of hydrogen-bond acceptors (Lipinski definition) is 1. The van der Waals surface area contributed by atoms with Crippen molar-refractivity contribution in [1.82, 2.24) is 5.32 Å². The molecule has 0 heterocycles. The Balaban J connectivity index is 2.20. The van der Waals surface area contributed by atoms with Crippen LogP contribution in [0.25, 0.3) is 0 Å². The van der Waals surface area contributed by atoms with E-state index < -0.39 is 0 Å². The zero-order valence-corrected chi connectivity index (χ0v) is 11.5. The molecule has 18 heavy (non-hydrogen) atoms. The first-order valence-electron chi connectivity index (χ1n) is 7.15. The lowest BCUT2D eigenvalue weighted by Gasteiger charge is -2.26. The van der Waals surface area contributed by atoms with Gasteiger partial charge in [0, 0.05) is 11.6 Å². The van der Waals surface area contributed by atoms with Gasteiger partial charge in [-0.05, 0) is 44.4 Å². The number of hydrogen-bond donors (Lipinski definition) is 1. The van der Waals surface area contributed by atoms with Crippen molar-refractivity contribution in [3.63, 3.8) is 0 Å². The molecule has 0 aromatic heterocycles. The van der Waals surface area contributed by atoms with Crippen molar-refractivity contribution in [3.8, 4) is 0 Å². The molecule has 1 aromatic carbocycles. The van der Waals surface area contributed by atoms with E-state index in [1.165, 1.54) is 38.5 Å². The maximum absolute atomic E-state index is 14.1. The summed E-state index contributed by atoms with van der Waals surface area (Å²) < 4.78 is 14.1. The number of halogens is 1. The largest absolute Gasteiger partial charge is 0.313 e. The molecule has 0 spiro atoms. The molecule has 1 aliphatic carbocycles. The highest BCUT2D eigenvalue weighted by Gasteiger charge is 2.24. The third-order valence-corrected chi connectivity index (χ3v) is 4.17. The first-order valence-corrected chi connectivity index (χ1v) is 7.15. The van der Waals surface area contributed by atoms with Crippen LogP contribution in [0, 0.1) is 18.7 Å². The SMILES string of the molecule is CNC(c1ccc(C)cc1F)C1CCCCCC1.